The maximum absolute atomic E-state index is 12.7. The van der Waals surface area contributed by atoms with E-state index in [4.69, 9.17) is 22.1 Å². The normalized spacial score (nSPS) is 13.2. The summed E-state index contributed by atoms with van der Waals surface area (Å²) >= 11 is 6.14. The highest BCUT2D eigenvalue weighted by Crippen LogP contribution is 2.33. The number of benzene rings is 2. The molecule has 0 bridgehead atoms. The SMILES string of the molecule is Cc1cc(Cl)cc2c1N(C(=O)COc1ccc(CC(N)=O)cc1)CCC2. The van der Waals surface area contributed by atoms with Gasteiger partial charge >= 0.3 is 0 Å². The van der Waals surface area contributed by atoms with Gasteiger partial charge in [0, 0.05) is 17.3 Å². The van der Waals surface area contributed by atoms with Crippen LogP contribution in [-0.4, -0.2) is 25.0 Å². The van der Waals surface area contributed by atoms with Gasteiger partial charge < -0.3 is 15.4 Å². The van der Waals surface area contributed by atoms with Crippen molar-refractivity contribution in [3.63, 3.8) is 0 Å². The molecule has 2 aromatic rings. The van der Waals surface area contributed by atoms with E-state index in [1.807, 2.05) is 19.1 Å². The summed E-state index contributed by atoms with van der Waals surface area (Å²) in [6, 6.07) is 10.8. The van der Waals surface area contributed by atoms with Crippen molar-refractivity contribution in [1.82, 2.24) is 0 Å². The Morgan fingerprint density at radius 1 is 1.23 bits per heavy atom. The minimum absolute atomic E-state index is 0.0450. The highest BCUT2D eigenvalue weighted by Gasteiger charge is 2.25. The van der Waals surface area contributed by atoms with Gasteiger partial charge in [-0.2, -0.15) is 0 Å². The number of halogens is 1. The average molecular weight is 373 g/mol. The molecule has 0 saturated carbocycles. The molecule has 1 aliphatic heterocycles. The van der Waals surface area contributed by atoms with Gasteiger partial charge in [-0.15, -0.1) is 0 Å². The van der Waals surface area contributed by atoms with Crippen LogP contribution in [0.15, 0.2) is 36.4 Å². The third-order valence-corrected chi connectivity index (χ3v) is 4.63. The molecule has 26 heavy (non-hydrogen) atoms. The lowest BCUT2D eigenvalue weighted by Crippen LogP contribution is -2.39. The maximum Gasteiger partial charge on any atom is 0.264 e. The van der Waals surface area contributed by atoms with E-state index >= 15 is 0 Å². The quantitative estimate of drug-likeness (QED) is 0.876. The number of hydrogen-bond acceptors (Lipinski definition) is 3. The van der Waals surface area contributed by atoms with E-state index in [0.717, 1.165) is 35.2 Å². The zero-order valence-corrected chi connectivity index (χ0v) is 15.4. The third kappa shape index (κ3) is 4.17. The first kappa shape index (κ1) is 18.3. The molecule has 1 aliphatic rings. The topological polar surface area (TPSA) is 72.6 Å². The van der Waals surface area contributed by atoms with Gasteiger partial charge in [-0.25, -0.2) is 0 Å². The van der Waals surface area contributed by atoms with Gasteiger partial charge in [0.15, 0.2) is 6.61 Å². The minimum Gasteiger partial charge on any atom is -0.484 e. The standard InChI is InChI=1S/C20H21ClN2O3/c1-13-9-16(21)11-15-3-2-8-23(20(13)15)19(25)12-26-17-6-4-14(5-7-17)10-18(22)24/h4-7,9,11H,2-3,8,10,12H2,1H3,(H2,22,24). The largest absolute Gasteiger partial charge is 0.484 e. The van der Waals surface area contributed by atoms with Crippen LogP contribution < -0.4 is 15.4 Å². The van der Waals surface area contributed by atoms with Gasteiger partial charge in [0.25, 0.3) is 5.91 Å². The maximum atomic E-state index is 12.7. The number of carbonyl (C=O) groups excluding carboxylic acids is 2. The molecule has 1 heterocycles. The van der Waals surface area contributed by atoms with Crippen LogP contribution in [0.3, 0.4) is 0 Å². The second-order valence-electron chi connectivity index (χ2n) is 6.46. The summed E-state index contributed by atoms with van der Waals surface area (Å²) in [4.78, 5) is 25.4. The lowest BCUT2D eigenvalue weighted by atomic mass is 9.98. The molecule has 0 radical (unpaired) electrons. The molecule has 0 spiro atoms. The van der Waals surface area contributed by atoms with Gasteiger partial charge in [-0.05, 0) is 60.7 Å². The molecule has 2 aromatic carbocycles. The summed E-state index contributed by atoms with van der Waals surface area (Å²) in [7, 11) is 0. The van der Waals surface area contributed by atoms with Crippen molar-refractivity contribution in [1.29, 1.82) is 0 Å². The first-order valence-electron chi connectivity index (χ1n) is 8.53. The van der Waals surface area contributed by atoms with Gasteiger partial charge in [0.1, 0.15) is 5.75 Å². The summed E-state index contributed by atoms with van der Waals surface area (Å²) in [6.07, 6.45) is 2.01. The lowest BCUT2D eigenvalue weighted by Gasteiger charge is -2.31. The monoisotopic (exact) mass is 372 g/mol. The first-order valence-corrected chi connectivity index (χ1v) is 8.91. The number of nitrogens with two attached hydrogens (primary N) is 1. The van der Waals surface area contributed by atoms with E-state index in [-0.39, 0.29) is 24.8 Å². The van der Waals surface area contributed by atoms with Crippen LogP contribution in [0.5, 0.6) is 5.75 Å². The van der Waals surface area contributed by atoms with E-state index in [9.17, 15) is 9.59 Å². The Bertz CT molecular complexity index is 834. The smallest absolute Gasteiger partial charge is 0.264 e. The number of aryl methyl sites for hydroxylation is 2. The molecule has 0 aromatic heterocycles. The van der Waals surface area contributed by atoms with Gasteiger partial charge in [0.05, 0.1) is 6.42 Å². The summed E-state index contributed by atoms with van der Waals surface area (Å²) in [5, 5.41) is 0.697. The van der Waals surface area contributed by atoms with E-state index in [2.05, 4.69) is 0 Å². The number of ether oxygens (including phenoxy) is 1. The van der Waals surface area contributed by atoms with Crippen molar-refractivity contribution in [3.05, 3.63) is 58.1 Å². The Kier molecular flexibility index (Phi) is 5.47. The van der Waals surface area contributed by atoms with E-state index in [1.54, 1.807) is 29.2 Å². The molecule has 0 unspecified atom stereocenters. The average Bonchev–Trinajstić information content (AvgIpc) is 2.59. The summed E-state index contributed by atoms with van der Waals surface area (Å²) in [5.74, 6) is 0.113. The molecular formula is C20H21ClN2O3. The van der Waals surface area contributed by atoms with Crippen LogP contribution in [0, 0.1) is 6.92 Å². The second-order valence-corrected chi connectivity index (χ2v) is 6.89. The predicted octanol–water partition coefficient (Wildman–Crippen LogP) is 3.03. The van der Waals surface area contributed by atoms with E-state index in [0.29, 0.717) is 17.3 Å². The van der Waals surface area contributed by atoms with Crippen molar-refractivity contribution in [2.24, 2.45) is 5.73 Å². The van der Waals surface area contributed by atoms with Crippen LogP contribution in [0.2, 0.25) is 5.02 Å². The predicted molar refractivity (Wildman–Crippen MR) is 102 cm³/mol. The number of hydrogen-bond donors (Lipinski definition) is 1. The Balaban J connectivity index is 1.67. The van der Waals surface area contributed by atoms with Crippen LogP contribution in [-0.2, 0) is 22.4 Å². The number of nitrogens with zero attached hydrogens (tertiary/aromatic N) is 1. The molecule has 6 heteroatoms. The molecule has 0 atom stereocenters. The number of fused-ring (bicyclic) bond motifs is 1. The molecular weight excluding hydrogens is 352 g/mol. The number of primary amides is 1. The summed E-state index contributed by atoms with van der Waals surface area (Å²) in [6.45, 7) is 2.60. The van der Waals surface area contributed by atoms with E-state index in [1.165, 1.54) is 0 Å². The molecule has 0 fully saturated rings. The molecule has 0 saturated heterocycles. The van der Waals surface area contributed by atoms with Crippen molar-refractivity contribution >= 4 is 29.1 Å². The first-order chi connectivity index (χ1) is 12.4. The molecule has 136 valence electrons. The van der Waals surface area contributed by atoms with Gasteiger partial charge in [-0.1, -0.05) is 23.7 Å². The Morgan fingerprint density at radius 3 is 2.65 bits per heavy atom. The van der Waals surface area contributed by atoms with Crippen molar-refractivity contribution in [3.8, 4) is 5.75 Å². The van der Waals surface area contributed by atoms with Crippen molar-refractivity contribution in [2.45, 2.75) is 26.2 Å². The zero-order chi connectivity index (χ0) is 18.7. The second kappa shape index (κ2) is 7.79. The van der Waals surface area contributed by atoms with Crippen LogP contribution in [0.25, 0.3) is 0 Å². The number of rotatable bonds is 5. The number of anilines is 1. The zero-order valence-electron chi connectivity index (χ0n) is 14.6. The molecule has 2 N–H and O–H groups in total. The van der Waals surface area contributed by atoms with Crippen LogP contribution in [0.1, 0.15) is 23.1 Å². The third-order valence-electron chi connectivity index (χ3n) is 4.41. The fraction of sp³-hybridized carbons (Fsp3) is 0.300. The summed E-state index contributed by atoms with van der Waals surface area (Å²) in [5.41, 5.74) is 9.04. The molecule has 3 rings (SSSR count). The van der Waals surface area contributed by atoms with Gasteiger partial charge in [0.2, 0.25) is 5.91 Å². The van der Waals surface area contributed by atoms with E-state index < -0.39 is 0 Å². The fourth-order valence-electron chi connectivity index (χ4n) is 3.30. The molecule has 0 aliphatic carbocycles. The van der Waals surface area contributed by atoms with Gasteiger partial charge in [-0.3, -0.25) is 9.59 Å². The van der Waals surface area contributed by atoms with Crippen molar-refractivity contribution < 1.29 is 14.3 Å². The molecule has 5 nitrogen and oxygen atoms in total. The number of carbonyl (C=O) groups is 2. The highest BCUT2D eigenvalue weighted by molar-refractivity contribution is 6.30. The minimum atomic E-state index is -0.381. The number of amides is 2. The Labute approximate surface area is 157 Å². The van der Waals surface area contributed by atoms with Crippen LogP contribution in [0.4, 0.5) is 5.69 Å². The highest BCUT2D eigenvalue weighted by atomic mass is 35.5. The summed E-state index contributed by atoms with van der Waals surface area (Å²) < 4.78 is 5.63. The van der Waals surface area contributed by atoms with Crippen molar-refractivity contribution in [2.75, 3.05) is 18.1 Å². The fourth-order valence-corrected chi connectivity index (χ4v) is 3.59. The molecule has 2 amide bonds. The Morgan fingerprint density at radius 2 is 1.96 bits per heavy atom. The lowest BCUT2D eigenvalue weighted by molar-refractivity contribution is -0.120. The van der Waals surface area contributed by atoms with Crippen LogP contribution >= 0.6 is 11.6 Å². The Hall–Kier alpha value is -2.53.